The fraction of sp³-hybridized carbons (Fsp3) is 0.111. The number of hydrogen-bond acceptors (Lipinski definition) is 2. The Morgan fingerprint density at radius 3 is 2.42 bits per heavy atom. The van der Waals surface area contributed by atoms with E-state index < -0.39 is 0 Å². The molecule has 1 aromatic carbocycles. The SMILES string of the molecule is CC(=O)c1ccc([Se]C#N)cc1. The molecule has 12 heavy (non-hydrogen) atoms. The Labute approximate surface area is 77.4 Å². The Hall–Kier alpha value is -1.10. The number of nitriles is 1. The third kappa shape index (κ3) is 2.20. The van der Waals surface area contributed by atoms with E-state index in [1.807, 2.05) is 12.1 Å². The van der Waals surface area contributed by atoms with Crippen molar-refractivity contribution in [2.45, 2.75) is 6.92 Å². The first-order chi connectivity index (χ1) is 5.74. The summed E-state index contributed by atoms with van der Waals surface area (Å²) >= 11 is -0.116. The van der Waals surface area contributed by atoms with Gasteiger partial charge in [0.2, 0.25) is 0 Å². The summed E-state index contributed by atoms with van der Waals surface area (Å²) in [6.45, 7) is 1.53. The van der Waals surface area contributed by atoms with Crippen molar-refractivity contribution < 1.29 is 4.79 Å². The van der Waals surface area contributed by atoms with Crippen LogP contribution in [0, 0.1) is 10.2 Å². The number of carbonyl (C=O) groups is 1. The molecule has 0 aliphatic carbocycles. The summed E-state index contributed by atoms with van der Waals surface area (Å²) in [5.41, 5.74) is 0.701. The second-order valence-electron chi connectivity index (χ2n) is 2.27. The van der Waals surface area contributed by atoms with Crippen molar-refractivity contribution in [3.05, 3.63) is 29.8 Å². The number of rotatable bonds is 2. The summed E-state index contributed by atoms with van der Waals surface area (Å²) in [4.78, 5) is 13.0. The minimum atomic E-state index is -0.116. The molecule has 1 rings (SSSR count). The first kappa shape index (κ1) is 8.99. The molecule has 0 aliphatic rings. The maximum absolute atomic E-state index is 10.9. The Morgan fingerprint density at radius 1 is 1.42 bits per heavy atom. The van der Waals surface area contributed by atoms with Gasteiger partial charge in [0, 0.05) is 0 Å². The predicted molar refractivity (Wildman–Crippen MR) is 47.4 cm³/mol. The van der Waals surface area contributed by atoms with Gasteiger partial charge in [-0.2, -0.15) is 0 Å². The monoisotopic (exact) mass is 225 g/mol. The zero-order valence-electron chi connectivity index (χ0n) is 6.57. The average Bonchev–Trinajstić information content (AvgIpc) is 2.06. The standard InChI is InChI=1S/C9H7NOSe/c1-7(11)8-2-4-9(5-3-8)12-6-10/h2-5H,1H3. The third-order valence-corrected chi connectivity index (χ3v) is 2.68. The molecule has 0 aliphatic heterocycles. The molecule has 0 spiro atoms. The van der Waals surface area contributed by atoms with Crippen LogP contribution in [0.15, 0.2) is 24.3 Å². The number of carbonyl (C=O) groups excluding carboxylic acids is 1. The van der Waals surface area contributed by atoms with E-state index in [9.17, 15) is 4.79 Å². The van der Waals surface area contributed by atoms with Crippen LogP contribution in [-0.4, -0.2) is 20.7 Å². The van der Waals surface area contributed by atoms with Crippen LogP contribution in [0.3, 0.4) is 0 Å². The molecule has 0 bridgehead atoms. The quantitative estimate of drug-likeness (QED) is 0.548. The fourth-order valence-corrected chi connectivity index (χ4v) is 1.60. The minimum absolute atomic E-state index is 0.0611. The van der Waals surface area contributed by atoms with Crippen LogP contribution in [0.5, 0.6) is 0 Å². The van der Waals surface area contributed by atoms with Crippen LogP contribution in [0.2, 0.25) is 0 Å². The summed E-state index contributed by atoms with van der Waals surface area (Å²) in [5.74, 6) is 0.0611. The Morgan fingerprint density at radius 2 is 2.00 bits per heavy atom. The molecule has 0 radical (unpaired) electrons. The molecule has 60 valence electrons. The van der Waals surface area contributed by atoms with Gasteiger partial charge in [-0.3, -0.25) is 0 Å². The summed E-state index contributed by atoms with van der Waals surface area (Å²) < 4.78 is 1.01. The van der Waals surface area contributed by atoms with Gasteiger partial charge in [0.25, 0.3) is 0 Å². The van der Waals surface area contributed by atoms with Crippen LogP contribution in [0.1, 0.15) is 17.3 Å². The topological polar surface area (TPSA) is 40.9 Å². The van der Waals surface area contributed by atoms with Crippen molar-refractivity contribution in [1.82, 2.24) is 0 Å². The maximum atomic E-state index is 10.9. The Kier molecular flexibility index (Phi) is 3.04. The van der Waals surface area contributed by atoms with Crippen LogP contribution in [-0.2, 0) is 0 Å². The first-order valence-electron chi connectivity index (χ1n) is 3.41. The normalized spacial score (nSPS) is 9.00. The summed E-state index contributed by atoms with van der Waals surface area (Å²) in [7, 11) is 0. The molecule has 1 aromatic rings. The molecule has 0 heterocycles. The van der Waals surface area contributed by atoms with Gasteiger partial charge in [0.1, 0.15) is 0 Å². The number of nitrogens with zero attached hydrogens (tertiary/aromatic N) is 1. The second-order valence-corrected chi connectivity index (χ2v) is 4.07. The van der Waals surface area contributed by atoms with Crippen LogP contribution >= 0.6 is 0 Å². The van der Waals surface area contributed by atoms with Crippen molar-refractivity contribution in [3.8, 4) is 4.97 Å². The summed E-state index contributed by atoms with van der Waals surface area (Å²) in [5, 5.41) is 8.41. The van der Waals surface area contributed by atoms with Crippen molar-refractivity contribution in [3.63, 3.8) is 0 Å². The fourth-order valence-electron chi connectivity index (χ4n) is 0.810. The molecular formula is C9H7NOSe. The zero-order chi connectivity index (χ0) is 8.97. The van der Waals surface area contributed by atoms with Crippen molar-refractivity contribution in [2.75, 3.05) is 0 Å². The van der Waals surface area contributed by atoms with Gasteiger partial charge in [-0.05, 0) is 0 Å². The van der Waals surface area contributed by atoms with Gasteiger partial charge in [-0.15, -0.1) is 0 Å². The number of ketones is 1. The van der Waals surface area contributed by atoms with E-state index >= 15 is 0 Å². The van der Waals surface area contributed by atoms with E-state index in [-0.39, 0.29) is 20.7 Å². The molecule has 0 aromatic heterocycles. The number of Topliss-reactive ketones (excluding diaryl/α,β-unsaturated/α-hetero) is 1. The molecule has 0 N–H and O–H groups in total. The van der Waals surface area contributed by atoms with Crippen molar-refractivity contribution in [2.24, 2.45) is 0 Å². The molecule has 0 unspecified atom stereocenters. The van der Waals surface area contributed by atoms with Crippen LogP contribution in [0.25, 0.3) is 0 Å². The van der Waals surface area contributed by atoms with Gasteiger partial charge >= 0.3 is 77.0 Å². The molecule has 0 saturated heterocycles. The summed E-state index contributed by atoms with van der Waals surface area (Å²) in [6, 6.07) is 7.19. The van der Waals surface area contributed by atoms with E-state index in [2.05, 4.69) is 4.97 Å². The molecule has 3 heteroatoms. The van der Waals surface area contributed by atoms with Crippen LogP contribution in [0.4, 0.5) is 0 Å². The zero-order valence-corrected chi connectivity index (χ0v) is 8.29. The van der Waals surface area contributed by atoms with Gasteiger partial charge in [0.15, 0.2) is 0 Å². The van der Waals surface area contributed by atoms with Crippen molar-refractivity contribution >= 4 is 25.2 Å². The van der Waals surface area contributed by atoms with Gasteiger partial charge in [-0.25, -0.2) is 0 Å². The van der Waals surface area contributed by atoms with E-state index in [0.29, 0.717) is 5.56 Å². The molecule has 0 atom stereocenters. The number of benzene rings is 1. The Balaban J connectivity index is 2.87. The van der Waals surface area contributed by atoms with E-state index in [1.54, 1.807) is 12.1 Å². The molecule has 0 amide bonds. The van der Waals surface area contributed by atoms with E-state index in [4.69, 9.17) is 5.26 Å². The molecule has 2 nitrogen and oxygen atoms in total. The molecule has 0 fully saturated rings. The van der Waals surface area contributed by atoms with Crippen LogP contribution < -0.4 is 4.46 Å². The summed E-state index contributed by atoms with van der Waals surface area (Å²) in [6.07, 6.45) is 0. The van der Waals surface area contributed by atoms with E-state index in [0.717, 1.165) is 4.46 Å². The predicted octanol–water partition coefficient (Wildman–Crippen LogP) is 0.700. The van der Waals surface area contributed by atoms with E-state index in [1.165, 1.54) is 6.92 Å². The molecular weight excluding hydrogens is 217 g/mol. The van der Waals surface area contributed by atoms with Crippen molar-refractivity contribution in [1.29, 1.82) is 5.26 Å². The Bertz CT molecular complexity index is 323. The van der Waals surface area contributed by atoms with Gasteiger partial charge < -0.3 is 0 Å². The average molecular weight is 224 g/mol. The number of hydrogen-bond donors (Lipinski definition) is 0. The van der Waals surface area contributed by atoms with Gasteiger partial charge in [-0.1, -0.05) is 0 Å². The third-order valence-electron chi connectivity index (χ3n) is 1.42. The second kappa shape index (κ2) is 4.06. The molecule has 0 saturated carbocycles. The van der Waals surface area contributed by atoms with Gasteiger partial charge in [0.05, 0.1) is 0 Å². The first-order valence-corrected chi connectivity index (χ1v) is 5.12.